The molecule has 0 aliphatic carbocycles. The average molecular weight is 247 g/mol. The molecule has 1 heterocycles. The lowest BCUT2D eigenvalue weighted by Gasteiger charge is -2.10. The minimum Gasteiger partial charge on any atom is -0.405 e. The van der Waals surface area contributed by atoms with Gasteiger partial charge in [-0.05, 0) is 25.5 Å². The third-order valence-corrected chi connectivity index (χ3v) is 2.95. The van der Waals surface area contributed by atoms with Gasteiger partial charge in [0.15, 0.2) is 0 Å². The van der Waals surface area contributed by atoms with Crippen molar-refractivity contribution in [1.82, 2.24) is 4.98 Å². The number of alkyl halides is 3. The van der Waals surface area contributed by atoms with Crippen molar-refractivity contribution in [2.24, 2.45) is 0 Å². The summed E-state index contributed by atoms with van der Waals surface area (Å²) < 4.78 is 41.0. The van der Waals surface area contributed by atoms with Crippen LogP contribution in [0.2, 0.25) is 0 Å². The summed E-state index contributed by atoms with van der Waals surface area (Å²) in [5.41, 5.74) is 0.987. The molecule has 0 aliphatic rings. The van der Waals surface area contributed by atoms with Gasteiger partial charge >= 0.3 is 6.36 Å². The predicted octanol–water partition coefficient (Wildman–Crippen LogP) is 3.81. The quantitative estimate of drug-likeness (QED) is 0.764. The first-order chi connectivity index (χ1) is 7.35. The smallest absolute Gasteiger partial charge is 0.405 e. The van der Waals surface area contributed by atoms with Gasteiger partial charge in [-0.3, -0.25) is 0 Å². The molecule has 0 atom stereocenters. The van der Waals surface area contributed by atoms with Gasteiger partial charge < -0.3 is 4.74 Å². The molecule has 86 valence electrons. The molecule has 0 radical (unpaired) electrons. The number of thiazole rings is 1. The van der Waals surface area contributed by atoms with Gasteiger partial charge in [-0.2, -0.15) is 0 Å². The minimum absolute atomic E-state index is 0.190. The monoisotopic (exact) mass is 247 g/mol. The zero-order valence-corrected chi connectivity index (χ0v) is 9.37. The van der Waals surface area contributed by atoms with E-state index >= 15 is 0 Å². The summed E-state index contributed by atoms with van der Waals surface area (Å²) in [5.74, 6) is -0.190. The van der Waals surface area contributed by atoms with Gasteiger partial charge in [0.1, 0.15) is 5.75 Å². The van der Waals surface area contributed by atoms with Crippen LogP contribution in [0.25, 0.3) is 10.2 Å². The summed E-state index contributed by atoms with van der Waals surface area (Å²) in [6.07, 6.45) is -4.66. The van der Waals surface area contributed by atoms with Crippen LogP contribution in [0.4, 0.5) is 13.2 Å². The molecule has 0 bridgehead atoms. The molecular formula is C10H8F3NOS. The van der Waals surface area contributed by atoms with Crippen LogP contribution in [0.3, 0.4) is 0 Å². The van der Waals surface area contributed by atoms with Gasteiger partial charge in [0, 0.05) is 6.07 Å². The predicted molar refractivity (Wildman–Crippen MR) is 55.8 cm³/mol. The Hall–Kier alpha value is -1.30. The van der Waals surface area contributed by atoms with Gasteiger partial charge in [-0.15, -0.1) is 24.5 Å². The molecule has 2 nitrogen and oxygen atoms in total. The second-order valence-corrected chi connectivity index (χ2v) is 4.60. The second kappa shape index (κ2) is 3.62. The number of nitrogens with zero attached hydrogens (tertiary/aromatic N) is 1. The van der Waals surface area contributed by atoms with Gasteiger partial charge in [0.25, 0.3) is 0 Å². The van der Waals surface area contributed by atoms with E-state index < -0.39 is 6.36 Å². The number of benzene rings is 1. The Morgan fingerprint density at radius 2 is 1.94 bits per heavy atom. The lowest BCUT2D eigenvalue weighted by molar-refractivity contribution is -0.274. The summed E-state index contributed by atoms with van der Waals surface area (Å²) in [6.45, 7) is 3.39. The van der Waals surface area contributed by atoms with E-state index in [4.69, 9.17) is 0 Å². The highest BCUT2D eigenvalue weighted by Crippen LogP contribution is 2.32. The van der Waals surface area contributed by atoms with E-state index in [1.54, 1.807) is 13.0 Å². The summed E-state index contributed by atoms with van der Waals surface area (Å²) in [4.78, 5) is 4.12. The van der Waals surface area contributed by atoms with Crippen molar-refractivity contribution in [3.8, 4) is 5.75 Å². The van der Waals surface area contributed by atoms with Crippen LogP contribution in [0.5, 0.6) is 5.75 Å². The first kappa shape index (κ1) is 11.2. The number of hydrogen-bond acceptors (Lipinski definition) is 3. The summed E-state index contributed by atoms with van der Waals surface area (Å²) >= 11 is 1.45. The molecule has 0 saturated heterocycles. The summed E-state index contributed by atoms with van der Waals surface area (Å²) in [6, 6.07) is 2.97. The van der Waals surface area contributed by atoms with Crippen LogP contribution in [-0.2, 0) is 0 Å². The van der Waals surface area contributed by atoms with Crippen LogP contribution in [0, 0.1) is 13.8 Å². The number of fused-ring (bicyclic) bond motifs is 1. The van der Waals surface area contributed by atoms with Crippen molar-refractivity contribution >= 4 is 21.6 Å². The Kier molecular flexibility index (Phi) is 2.53. The van der Waals surface area contributed by atoms with E-state index in [0.29, 0.717) is 11.1 Å². The summed E-state index contributed by atoms with van der Waals surface area (Å²) in [5, 5.41) is 0.818. The SMILES string of the molecule is Cc1nc2cc(OC(F)(F)F)c(C)cc2s1. The van der Waals surface area contributed by atoms with E-state index in [2.05, 4.69) is 9.72 Å². The molecule has 1 aromatic carbocycles. The third kappa shape index (κ3) is 2.27. The fraction of sp³-hybridized carbons (Fsp3) is 0.300. The Morgan fingerprint density at radius 1 is 1.25 bits per heavy atom. The van der Waals surface area contributed by atoms with E-state index in [9.17, 15) is 13.2 Å². The Balaban J connectivity index is 2.49. The first-order valence-corrected chi connectivity index (χ1v) is 5.30. The molecule has 6 heteroatoms. The van der Waals surface area contributed by atoms with Crippen LogP contribution in [0.15, 0.2) is 12.1 Å². The van der Waals surface area contributed by atoms with Crippen LogP contribution >= 0.6 is 11.3 Å². The zero-order valence-electron chi connectivity index (χ0n) is 8.55. The first-order valence-electron chi connectivity index (χ1n) is 4.49. The highest BCUT2D eigenvalue weighted by atomic mass is 32.1. The lowest BCUT2D eigenvalue weighted by atomic mass is 10.2. The molecule has 0 amide bonds. The van der Waals surface area contributed by atoms with Crippen molar-refractivity contribution in [3.05, 3.63) is 22.7 Å². The third-order valence-electron chi connectivity index (χ3n) is 2.02. The van der Waals surface area contributed by atoms with Gasteiger partial charge in [0.05, 0.1) is 15.2 Å². The zero-order chi connectivity index (χ0) is 11.9. The maximum absolute atomic E-state index is 12.1. The molecule has 0 saturated carbocycles. The standard InChI is InChI=1S/C10H8F3NOS/c1-5-3-9-7(14-6(2)16-9)4-8(5)15-10(11,12)13/h3-4H,1-2H3. The number of hydrogen-bond donors (Lipinski definition) is 0. The van der Waals surface area contributed by atoms with Crippen LogP contribution in [-0.4, -0.2) is 11.3 Å². The normalized spacial score (nSPS) is 12.1. The Bertz CT molecular complexity index is 533. The highest BCUT2D eigenvalue weighted by Gasteiger charge is 2.31. The molecular weight excluding hydrogens is 239 g/mol. The van der Waals surface area contributed by atoms with Crippen molar-refractivity contribution in [1.29, 1.82) is 0 Å². The van der Waals surface area contributed by atoms with Gasteiger partial charge in [-0.1, -0.05) is 0 Å². The number of halogens is 3. The number of aryl methyl sites for hydroxylation is 2. The van der Waals surface area contributed by atoms with Crippen LogP contribution in [0.1, 0.15) is 10.6 Å². The fourth-order valence-corrected chi connectivity index (χ4v) is 2.31. The maximum atomic E-state index is 12.1. The highest BCUT2D eigenvalue weighted by molar-refractivity contribution is 7.18. The van der Waals surface area contributed by atoms with Crippen molar-refractivity contribution in [2.75, 3.05) is 0 Å². The molecule has 0 aliphatic heterocycles. The van der Waals surface area contributed by atoms with Crippen molar-refractivity contribution < 1.29 is 17.9 Å². The minimum atomic E-state index is -4.66. The topological polar surface area (TPSA) is 22.1 Å². The lowest BCUT2D eigenvalue weighted by Crippen LogP contribution is -2.17. The fourth-order valence-electron chi connectivity index (χ4n) is 1.41. The number of ether oxygens (including phenoxy) is 1. The molecule has 16 heavy (non-hydrogen) atoms. The average Bonchev–Trinajstić information content (AvgIpc) is 2.42. The van der Waals surface area contributed by atoms with Crippen molar-refractivity contribution in [3.63, 3.8) is 0 Å². The molecule has 2 aromatic rings. The van der Waals surface area contributed by atoms with E-state index in [-0.39, 0.29) is 5.75 Å². The van der Waals surface area contributed by atoms with E-state index in [1.165, 1.54) is 17.4 Å². The van der Waals surface area contributed by atoms with Crippen LogP contribution < -0.4 is 4.74 Å². The van der Waals surface area contributed by atoms with Gasteiger partial charge in [-0.25, -0.2) is 4.98 Å². The Labute approximate surface area is 93.7 Å². The van der Waals surface area contributed by atoms with E-state index in [1.807, 2.05) is 6.92 Å². The number of aromatic nitrogens is 1. The maximum Gasteiger partial charge on any atom is 0.573 e. The molecule has 0 unspecified atom stereocenters. The second-order valence-electron chi connectivity index (χ2n) is 3.37. The summed E-state index contributed by atoms with van der Waals surface area (Å²) in [7, 11) is 0. The number of rotatable bonds is 1. The molecule has 0 spiro atoms. The molecule has 1 aromatic heterocycles. The molecule has 2 rings (SSSR count). The Morgan fingerprint density at radius 3 is 2.56 bits per heavy atom. The largest absolute Gasteiger partial charge is 0.573 e. The van der Waals surface area contributed by atoms with E-state index in [0.717, 1.165) is 9.71 Å². The van der Waals surface area contributed by atoms with Gasteiger partial charge in [0.2, 0.25) is 0 Å². The molecule has 0 fully saturated rings. The van der Waals surface area contributed by atoms with Crippen molar-refractivity contribution in [2.45, 2.75) is 20.2 Å². The molecule has 0 N–H and O–H groups in total.